The van der Waals surface area contributed by atoms with Gasteiger partial charge in [-0.05, 0) is 72.1 Å². The predicted octanol–water partition coefficient (Wildman–Crippen LogP) is 5.40. The Bertz CT molecular complexity index is 1260. The van der Waals surface area contributed by atoms with E-state index in [1.807, 2.05) is 59.5 Å². The molecular weight excluding hydrogens is 422 g/mol. The largest absolute Gasteiger partial charge is 0.497 e. The maximum absolute atomic E-state index is 13.6. The van der Waals surface area contributed by atoms with Gasteiger partial charge >= 0.3 is 0 Å². The summed E-state index contributed by atoms with van der Waals surface area (Å²) >= 11 is 6.08. The van der Waals surface area contributed by atoms with Crippen LogP contribution in [0.5, 0.6) is 5.75 Å². The van der Waals surface area contributed by atoms with E-state index in [2.05, 4.69) is 12.1 Å². The molecule has 2 heterocycles. The molecule has 5 nitrogen and oxygen atoms in total. The lowest BCUT2D eigenvalue weighted by Crippen LogP contribution is -2.37. The molecule has 0 atom stereocenters. The fraction of sp³-hybridized carbons (Fsp3) is 0.154. The van der Waals surface area contributed by atoms with Crippen molar-refractivity contribution in [1.82, 2.24) is 14.7 Å². The summed E-state index contributed by atoms with van der Waals surface area (Å²) in [6.07, 6.45) is 0.850. The molecule has 1 amide bonds. The van der Waals surface area contributed by atoms with Gasteiger partial charge in [0.1, 0.15) is 11.4 Å². The van der Waals surface area contributed by atoms with Crippen LogP contribution in [0.3, 0.4) is 0 Å². The molecular formula is C26H22ClN3O2. The number of aromatic nitrogens is 2. The highest BCUT2D eigenvalue weighted by Gasteiger charge is 2.26. The van der Waals surface area contributed by atoms with Crippen molar-refractivity contribution in [2.75, 3.05) is 13.7 Å². The van der Waals surface area contributed by atoms with Gasteiger partial charge in [-0.3, -0.25) is 4.79 Å². The van der Waals surface area contributed by atoms with Crippen molar-refractivity contribution in [3.05, 3.63) is 101 Å². The van der Waals surface area contributed by atoms with E-state index in [0.717, 1.165) is 29.1 Å². The number of rotatable bonds is 4. The minimum Gasteiger partial charge on any atom is -0.497 e. The van der Waals surface area contributed by atoms with Crippen LogP contribution in [-0.4, -0.2) is 34.2 Å². The molecule has 1 aliphatic rings. The molecule has 1 aliphatic heterocycles. The number of hydrogen-bond donors (Lipinski definition) is 0. The van der Waals surface area contributed by atoms with Gasteiger partial charge in [0.2, 0.25) is 0 Å². The number of hydrogen-bond acceptors (Lipinski definition) is 3. The van der Waals surface area contributed by atoms with Gasteiger partial charge in [-0.15, -0.1) is 0 Å². The van der Waals surface area contributed by atoms with Crippen molar-refractivity contribution in [2.45, 2.75) is 13.0 Å². The maximum Gasteiger partial charge on any atom is 0.272 e. The van der Waals surface area contributed by atoms with E-state index in [-0.39, 0.29) is 5.91 Å². The first-order valence-electron chi connectivity index (χ1n) is 10.5. The average Bonchev–Trinajstić information content (AvgIpc) is 3.29. The van der Waals surface area contributed by atoms with Crippen molar-refractivity contribution in [1.29, 1.82) is 0 Å². The summed E-state index contributed by atoms with van der Waals surface area (Å²) < 4.78 is 6.97. The van der Waals surface area contributed by atoms with Gasteiger partial charge in [0.25, 0.3) is 5.91 Å². The van der Waals surface area contributed by atoms with Crippen LogP contribution in [0.4, 0.5) is 0 Å². The summed E-state index contributed by atoms with van der Waals surface area (Å²) in [4.78, 5) is 15.5. The summed E-state index contributed by atoms with van der Waals surface area (Å²) in [6, 6.07) is 25.2. The molecule has 4 aromatic rings. The topological polar surface area (TPSA) is 47.4 Å². The Morgan fingerprint density at radius 1 is 0.969 bits per heavy atom. The summed E-state index contributed by atoms with van der Waals surface area (Å²) in [5.41, 5.74) is 5.45. The minimum atomic E-state index is -0.0401. The van der Waals surface area contributed by atoms with Gasteiger partial charge in [-0.2, -0.15) is 5.10 Å². The van der Waals surface area contributed by atoms with Crippen LogP contribution in [0, 0.1) is 0 Å². The molecule has 0 saturated carbocycles. The molecule has 0 N–H and O–H groups in total. The number of halogens is 1. The molecule has 0 saturated heterocycles. The SMILES string of the molecule is COc1ccc(-c2cc(C(=O)N3CCc4ccccc4C3)n(-c3ccc(Cl)cc3)n2)cc1. The quantitative estimate of drug-likeness (QED) is 0.424. The predicted molar refractivity (Wildman–Crippen MR) is 125 cm³/mol. The number of amides is 1. The lowest BCUT2D eigenvalue weighted by atomic mass is 9.99. The number of carbonyl (C=O) groups is 1. The zero-order chi connectivity index (χ0) is 22.1. The molecule has 160 valence electrons. The van der Waals surface area contributed by atoms with Crippen LogP contribution in [0.2, 0.25) is 5.02 Å². The summed E-state index contributed by atoms with van der Waals surface area (Å²) in [7, 11) is 1.64. The van der Waals surface area contributed by atoms with E-state index in [0.29, 0.717) is 23.8 Å². The number of benzene rings is 3. The Morgan fingerprint density at radius 2 is 1.69 bits per heavy atom. The zero-order valence-electron chi connectivity index (χ0n) is 17.7. The Balaban J connectivity index is 1.54. The summed E-state index contributed by atoms with van der Waals surface area (Å²) in [5.74, 6) is 0.732. The smallest absolute Gasteiger partial charge is 0.272 e. The van der Waals surface area contributed by atoms with Crippen molar-refractivity contribution in [3.8, 4) is 22.7 Å². The van der Waals surface area contributed by atoms with E-state index in [9.17, 15) is 4.79 Å². The zero-order valence-corrected chi connectivity index (χ0v) is 18.4. The molecule has 32 heavy (non-hydrogen) atoms. The molecule has 0 unspecified atom stereocenters. The Morgan fingerprint density at radius 3 is 2.41 bits per heavy atom. The molecule has 6 heteroatoms. The molecule has 0 spiro atoms. The number of methoxy groups -OCH3 is 1. The Hall–Kier alpha value is -3.57. The van der Waals surface area contributed by atoms with Crippen molar-refractivity contribution >= 4 is 17.5 Å². The van der Waals surface area contributed by atoms with Gasteiger partial charge in [0.15, 0.2) is 0 Å². The number of ether oxygens (including phenoxy) is 1. The third-order valence-electron chi connectivity index (χ3n) is 5.80. The average molecular weight is 444 g/mol. The van der Waals surface area contributed by atoms with Crippen LogP contribution in [0.15, 0.2) is 78.9 Å². The first-order chi connectivity index (χ1) is 15.6. The van der Waals surface area contributed by atoms with E-state index in [4.69, 9.17) is 21.4 Å². The monoisotopic (exact) mass is 443 g/mol. The molecule has 0 aliphatic carbocycles. The van der Waals surface area contributed by atoms with E-state index in [1.165, 1.54) is 11.1 Å². The van der Waals surface area contributed by atoms with Crippen LogP contribution >= 0.6 is 11.6 Å². The second-order valence-electron chi connectivity index (χ2n) is 7.78. The first kappa shape index (κ1) is 20.3. The third-order valence-corrected chi connectivity index (χ3v) is 6.06. The highest BCUT2D eigenvalue weighted by atomic mass is 35.5. The van der Waals surface area contributed by atoms with Gasteiger partial charge in [0, 0.05) is 23.7 Å². The number of nitrogens with zero attached hydrogens (tertiary/aromatic N) is 3. The molecule has 3 aromatic carbocycles. The van der Waals surface area contributed by atoms with E-state index in [1.54, 1.807) is 23.9 Å². The first-order valence-corrected chi connectivity index (χ1v) is 10.9. The Labute approximate surface area is 191 Å². The Kier molecular flexibility index (Phi) is 5.41. The van der Waals surface area contributed by atoms with Crippen LogP contribution in [0.25, 0.3) is 16.9 Å². The van der Waals surface area contributed by atoms with Crippen LogP contribution in [0.1, 0.15) is 21.6 Å². The summed E-state index contributed by atoms with van der Waals surface area (Å²) in [6.45, 7) is 1.28. The van der Waals surface area contributed by atoms with Crippen LogP contribution in [-0.2, 0) is 13.0 Å². The lowest BCUT2D eigenvalue weighted by molar-refractivity contribution is 0.0725. The highest BCUT2D eigenvalue weighted by molar-refractivity contribution is 6.30. The summed E-state index contributed by atoms with van der Waals surface area (Å²) in [5, 5.41) is 5.42. The molecule has 0 fully saturated rings. The normalized spacial score (nSPS) is 13.0. The van der Waals surface area contributed by atoms with Crippen molar-refractivity contribution < 1.29 is 9.53 Å². The lowest BCUT2D eigenvalue weighted by Gasteiger charge is -2.29. The van der Waals surface area contributed by atoms with Gasteiger partial charge in [-0.1, -0.05) is 35.9 Å². The minimum absolute atomic E-state index is 0.0401. The molecule has 0 radical (unpaired) electrons. The van der Waals surface area contributed by atoms with E-state index >= 15 is 0 Å². The standard InChI is InChI=1S/C26H22ClN3O2/c1-32-23-12-6-19(7-13-23)24-16-25(30(28-24)22-10-8-21(27)9-11-22)26(31)29-15-14-18-4-2-3-5-20(18)17-29/h2-13,16H,14-15,17H2,1H3. The second-order valence-corrected chi connectivity index (χ2v) is 8.21. The van der Waals surface area contributed by atoms with Gasteiger partial charge in [0.05, 0.1) is 18.5 Å². The maximum atomic E-state index is 13.6. The second kappa shape index (κ2) is 8.52. The molecule has 0 bridgehead atoms. The number of fused-ring (bicyclic) bond motifs is 1. The van der Waals surface area contributed by atoms with Gasteiger partial charge in [-0.25, -0.2) is 4.68 Å². The fourth-order valence-corrected chi connectivity index (χ4v) is 4.17. The fourth-order valence-electron chi connectivity index (χ4n) is 4.05. The van der Waals surface area contributed by atoms with Crippen molar-refractivity contribution in [3.63, 3.8) is 0 Å². The molecule has 1 aromatic heterocycles. The van der Waals surface area contributed by atoms with Crippen molar-refractivity contribution in [2.24, 2.45) is 0 Å². The third kappa shape index (κ3) is 3.87. The number of carbonyl (C=O) groups excluding carboxylic acids is 1. The highest BCUT2D eigenvalue weighted by Crippen LogP contribution is 2.27. The molecule has 5 rings (SSSR count). The van der Waals surface area contributed by atoms with E-state index < -0.39 is 0 Å². The van der Waals surface area contributed by atoms with Crippen LogP contribution < -0.4 is 4.74 Å². The van der Waals surface area contributed by atoms with Gasteiger partial charge < -0.3 is 9.64 Å².